The zero-order valence-electron chi connectivity index (χ0n) is 10.3. The van der Waals surface area contributed by atoms with Gasteiger partial charge < -0.3 is 0 Å². The van der Waals surface area contributed by atoms with Gasteiger partial charge in [0.05, 0.1) is 0 Å². The Morgan fingerprint density at radius 1 is 1.28 bits per heavy atom. The Morgan fingerprint density at radius 2 is 2.00 bits per heavy atom. The number of amides is 4. The van der Waals surface area contributed by atoms with E-state index in [0.717, 1.165) is 19.3 Å². The van der Waals surface area contributed by atoms with Crippen molar-refractivity contribution >= 4 is 29.6 Å². The van der Waals surface area contributed by atoms with Crippen LogP contribution in [0.25, 0.3) is 0 Å². The summed E-state index contributed by atoms with van der Waals surface area (Å²) in [6.45, 7) is 0. The van der Waals surface area contributed by atoms with Crippen LogP contribution in [0.4, 0.5) is 4.79 Å². The van der Waals surface area contributed by atoms with Gasteiger partial charge in [-0.3, -0.25) is 19.8 Å². The molecular weight excluding hydrogens is 252 g/mol. The number of hydrogen-bond donors (Lipinski definition) is 1. The van der Waals surface area contributed by atoms with Crippen molar-refractivity contribution in [2.24, 2.45) is 5.41 Å². The van der Waals surface area contributed by atoms with Crippen molar-refractivity contribution in [1.82, 2.24) is 10.2 Å². The monoisotopic (exact) mass is 268 g/mol. The number of nitrogens with zero attached hydrogens (tertiary/aromatic N) is 1. The number of carbonyl (C=O) groups excluding carboxylic acids is 3. The summed E-state index contributed by atoms with van der Waals surface area (Å²) in [7, 11) is 0. The zero-order valence-corrected chi connectivity index (χ0v) is 11.1. The van der Waals surface area contributed by atoms with Crippen molar-refractivity contribution in [1.29, 1.82) is 0 Å². The molecule has 2 atom stereocenters. The van der Waals surface area contributed by atoms with Crippen LogP contribution in [-0.4, -0.2) is 40.3 Å². The number of rotatable bonds is 2. The highest BCUT2D eigenvalue weighted by Gasteiger charge is 2.63. The molecule has 5 nitrogen and oxygen atoms in total. The predicted octanol–water partition coefficient (Wildman–Crippen LogP) is 1.13. The Morgan fingerprint density at radius 3 is 2.56 bits per heavy atom. The molecule has 3 rings (SSSR count). The van der Waals surface area contributed by atoms with E-state index < -0.39 is 17.4 Å². The van der Waals surface area contributed by atoms with Crippen molar-refractivity contribution in [3.05, 3.63) is 0 Å². The average Bonchev–Trinajstić information content (AvgIpc) is 3.02. The van der Waals surface area contributed by atoms with Crippen LogP contribution in [0.1, 0.15) is 32.1 Å². The normalized spacial score (nSPS) is 34.1. The lowest BCUT2D eigenvalue weighted by Crippen LogP contribution is -2.61. The molecule has 1 spiro atoms. The van der Waals surface area contributed by atoms with Crippen molar-refractivity contribution < 1.29 is 14.4 Å². The summed E-state index contributed by atoms with van der Waals surface area (Å²) >= 11 is 1.78. The Labute approximate surface area is 110 Å². The van der Waals surface area contributed by atoms with E-state index in [1.165, 1.54) is 4.90 Å². The van der Waals surface area contributed by atoms with Gasteiger partial charge in [0.1, 0.15) is 5.41 Å². The van der Waals surface area contributed by atoms with Crippen molar-refractivity contribution in [3.8, 4) is 0 Å². The molecule has 0 bridgehead atoms. The van der Waals surface area contributed by atoms with Gasteiger partial charge in [-0.05, 0) is 38.4 Å². The van der Waals surface area contributed by atoms with Crippen molar-refractivity contribution in [2.45, 2.75) is 43.4 Å². The van der Waals surface area contributed by atoms with Gasteiger partial charge in [-0.25, -0.2) is 4.79 Å². The Hall–Kier alpha value is -1.04. The maximum atomic E-state index is 12.3. The van der Waals surface area contributed by atoms with E-state index in [1.807, 2.05) is 0 Å². The lowest BCUT2D eigenvalue weighted by atomic mass is 10.00. The van der Waals surface area contributed by atoms with Crippen LogP contribution in [-0.2, 0) is 9.59 Å². The fourth-order valence-corrected chi connectivity index (χ4v) is 3.75. The molecule has 1 saturated heterocycles. The smallest absolute Gasteiger partial charge is 0.277 e. The summed E-state index contributed by atoms with van der Waals surface area (Å²) in [6, 6.07) is -0.546. The maximum Gasteiger partial charge on any atom is 0.331 e. The molecule has 98 valence electrons. The number of carbonyl (C=O) groups is 3. The number of hydrogen-bond acceptors (Lipinski definition) is 4. The van der Waals surface area contributed by atoms with E-state index in [2.05, 4.69) is 11.6 Å². The first kappa shape index (κ1) is 12.0. The number of urea groups is 1. The first-order valence-electron chi connectivity index (χ1n) is 6.30. The minimum Gasteiger partial charge on any atom is -0.277 e. The van der Waals surface area contributed by atoms with Gasteiger partial charge in [0, 0.05) is 11.3 Å². The van der Waals surface area contributed by atoms with Crippen molar-refractivity contribution in [2.75, 3.05) is 6.26 Å². The van der Waals surface area contributed by atoms with Gasteiger partial charge in [-0.2, -0.15) is 11.8 Å². The largest absolute Gasteiger partial charge is 0.331 e. The fourth-order valence-electron chi connectivity index (χ4n) is 2.96. The number of thioether (sulfide) groups is 1. The Balaban J connectivity index is 1.81. The SMILES string of the molecule is CSC1CCC(N2C(=O)NC(=O)C3(CC3)C2=O)C1. The second kappa shape index (κ2) is 3.98. The third kappa shape index (κ3) is 1.58. The maximum absolute atomic E-state index is 12.3. The second-order valence-electron chi connectivity index (χ2n) is 5.34. The van der Waals surface area contributed by atoms with E-state index in [1.54, 1.807) is 11.8 Å². The molecule has 1 heterocycles. The van der Waals surface area contributed by atoms with Crippen LogP contribution in [0.3, 0.4) is 0 Å². The van der Waals surface area contributed by atoms with Gasteiger partial charge in [-0.1, -0.05) is 0 Å². The van der Waals surface area contributed by atoms with E-state index in [9.17, 15) is 14.4 Å². The van der Waals surface area contributed by atoms with E-state index in [0.29, 0.717) is 18.1 Å². The Kier molecular flexibility index (Phi) is 2.66. The predicted molar refractivity (Wildman–Crippen MR) is 67.0 cm³/mol. The number of nitrogens with one attached hydrogen (secondary N) is 1. The highest BCUT2D eigenvalue weighted by Crippen LogP contribution is 2.50. The van der Waals surface area contributed by atoms with Crippen molar-refractivity contribution in [3.63, 3.8) is 0 Å². The molecule has 1 N–H and O–H groups in total. The highest BCUT2D eigenvalue weighted by molar-refractivity contribution is 7.99. The molecule has 4 amide bonds. The first-order valence-corrected chi connectivity index (χ1v) is 7.59. The van der Waals surface area contributed by atoms with Gasteiger partial charge in [0.2, 0.25) is 11.8 Å². The summed E-state index contributed by atoms with van der Waals surface area (Å²) in [4.78, 5) is 37.2. The Bertz CT molecular complexity index is 433. The van der Waals surface area contributed by atoms with Crippen LogP contribution in [0.5, 0.6) is 0 Å². The van der Waals surface area contributed by atoms with E-state index >= 15 is 0 Å². The molecule has 2 saturated carbocycles. The summed E-state index contributed by atoms with van der Waals surface area (Å²) in [5.41, 5.74) is -0.897. The molecule has 6 heteroatoms. The first-order chi connectivity index (χ1) is 8.58. The lowest BCUT2D eigenvalue weighted by Gasteiger charge is -2.34. The minimum absolute atomic E-state index is 0.0273. The molecule has 1 aliphatic heterocycles. The van der Waals surface area contributed by atoms with Crippen LogP contribution >= 0.6 is 11.8 Å². The van der Waals surface area contributed by atoms with Gasteiger partial charge in [-0.15, -0.1) is 0 Å². The highest BCUT2D eigenvalue weighted by atomic mass is 32.2. The minimum atomic E-state index is -0.897. The van der Waals surface area contributed by atoms with Crippen LogP contribution in [0.2, 0.25) is 0 Å². The molecule has 2 unspecified atom stereocenters. The zero-order chi connectivity index (χ0) is 12.9. The summed E-state index contributed by atoms with van der Waals surface area (Å²) in [5, 5.41) is 2.86. The molecule has 0 aromatic carbocycles. The quantitative estimate of drug-likeness (QED) is 0.762. The molecule has 3 fully saturated rings. The van der Waals surface area contributed by atoms with Gasteiger partial charge >= 0.3 is 6.03 Å². The molecule has 0 radical (unpaired) electrons. The lowest BCUT2D eigenvalue weighted by molar-refractivity contribution is -0.146. The standard InChI is InChI=1S/C12H16N2O3S/c1-18-8-3-2-7(6-8)14-10(16)12(4-5-12)9(15)13-11(14)17/h7-8H,2-6H2,1H3,(H,13,15,17). The third-order valence-corrected chi connectivity index (χ3v) is 5.40. The average molecular weight is 268 g/mol. The molecular formula is C12H16N2O3S. The molecule has 18 heavy (non-hydrogen) atoms. The summed E-state index contributed by atoms with van der Waals surface area (Å²) in [5.74, 6) is -0.656. The number of imide groups is 2. The fraction of sp³-hybridized carbons (Fsp3) is 0.750. The molecule has 2 aliphatic carbocycles. The topological polar surface area (TPSA) is 66.5 Å². The molecule has 3 aliphatic rings. The van der Waals surface area contributed by atoms with Crippen LogP contribution < -0.4 is 5.32 Å². The molecule has 0 aromatic heterocycles. The number of barbiturate groups is 1. The van der Waals surface area contributed by atoms with E-state index in [-0.39, 0.29) is 11.9 Å². The summed E-state index contributed by atoms with van der Waals surface area (Å²) in [6.07, 6.45) is 5.96. The second-order valence-corrected chi connectivity index (χ2v) is 6.48. The van der Waals surface area contributed by atoms with Gasteiger partial charge in [0.25, 0.3) is 0 Å². The summed E-state index contributed by atoms with van der Waals surface area (Å²) < 4.78 is 0. The van der Waals surface area contributed by atoms with Crippen LogP contribution in [0.15, 0.2) is 0 Å². The van der Waals surface area contributed by atoms with Crippen LogP contribution in [0, 0.1) is 5.41 Å². The van der Waals surface area contributed by atoms with E-state index in [4.69, 9.17) is 0 Å². The third-order valence-electron chi connectivity index (χ3n) is 4.31. The van der Waals surface area contributed by atoms with Gasteiger partial charge in [0.15, 0.2) is 0 Å². The molecule has 0 aromatic rings.